The predicted octanol–water partition coefficient (Wildman–Crippen LogP) is 2.63. The molecule has 118 valence electrons. The van der Waals surface area contributed by atoms with Gasteiger partial charge in [-0.05, 0) is 29.8 Å². The number of nitrogens with one attached hydrogen (secondary N) is 2. The number of H-pyrrole nitrogens is 1. The van der Waals surface area contributed by atoms with Gasteiger partial charge in [-0.15, -0.1) is 0 Å². The molecule has 0 saturated carbocycles. The van der Waals surface area contributed by atoms with Crippen LogP contribution in [0.5, 0.6) is 0 Å². The zero-order valence-electron chi connectivity index (χ0n) is 12.2. The van der Waals surface area contributed by atoms with Crippen molar-refractivity contribution in [3.8, 4) is 0 Å². The molecule has 1 aromatic carbocycles. The van der Waals surface area contributed by atoms with E-state index in [0.29, 0.717) is 29.9 Å². The van der Waals surface area contributed by atoms with Gasteiger partial charge in [-0.3, -0.25) is 9.69 Å². The maximum atomic E-state index is 12.1. The van der Waals surface area contributed by atoms with E-state index in [2.05, 4.69) is 10.3 Å². The fourth-order valence-electron chi connectivity index (χ4n) is 2.34. The molecule has 0 spiro atoms. The van der Waals surface area contributed by atoms with Crippen LogP contribution in [0, 0.1) is 4.64 Å². The van der Waals surface area contributed by atoms with Crippen LogP contribution >= 0.6 is 12.2 Å². The number of hydrogen-bond acceptors (Lipinski definition) is 4. The number of rotatable bonds is 4. The van der Waals surface area contributed by atoms with Gasteiger partial charge >= 0.3 is 6.09 Å². The molecule has 23 heavy (non-hydrogen) atoms. The SMILES string of the molecule is O=C(NCc1cccc(N2CCOC2=O)c1)c1ccc[nH]c1=S. The molecule has 0 bridgehead atoms. The van der Waals surface area contributed by atoms with Gasteiger partial charge in [0.2, 0.25) is 0 Å². The van der Waals surface area contributed by atoms with E-state index >= 15 is 0 Å². The topological polar surface area (TPSA) is 74.4 Å². The number of anilines is 1. The van der Waals surface area contributed by atoms with Crippen LogP contribution in [0.2, 0.25) is 0 Å². The first-order chi connectivity index (χ1) is 11.1. The molecule has 2 heterocycles. The first-order valence-corrected chi connectivity index (χ1v) is 7.55. The summed E-state index contributed by atoms with van der Waals surface area (Å²) < 4.78 is 5.33. The number of pyridine rings is 1. The van der Waals surface area contributed by atoms with Crippen LogP contribution in [0.4, 0.5) is 10.5 Å². The van der Waals surface area contributed by atoms with Crippen LogP contribution in [0.25, 0.3) is 0 Å². The van der Waals surface area contributed by atoms with E-state index in [9.17, 15) is 9.59 Å². The zero-order chi connectivity index (χ0) is 16.2. The van der Waals surface area contributed by atoms with Crippen LogP contribution in [0.15, 0.2) is 42.6 Å². The first kappa shape index (κ1) is 15.2. The molecular weight excluding hydrogens is 314 g/mol. The van der Waals surface area contributed by atoms with Gasteiger partial charge in [-0.2, -0.15) is 0 Å². The lowest BCUT2D eigenvalue weighted by Gasteiger charge is -2.14. The molecule has 1 saturated heterocycles. The molecule has 0 atom stereocenters. The van der Waals surface area contributed by atoms with Crippen molar-refractivity contribution in [3.05, 3.63) is 58.4 Å². The standard InChI is InChI=1S/C16H15N3O3S/c20-14(13-5-2-6-17-15(13)23)18-10-11-3-1-4-12(9-11)19-7-8-22-16(19)21/h1-6,9H,7-8,10H2,(H,17,23)(H,18,20). The molecule has 7 heteroatoms. The number of cyclic esters (lactones) is 1. The number of carbonyl (C=O) groups is 2. The minimum Gasteiger partial charge on any atom is -0.447 e. The molecule has 0 unspecified atom stereocenters. The van der Waals surface area contributed by atoms with Gasteiger partial charge in [0.25, 0.3) is 5.91 Å². The van der Waals surface area contributed by atoms with Gasteiger partial charge in [0, 0.05) is 18.4 Å². The Bertz CT molecular complexity index is 803. The number of aromatic amines is 1. The number of hydrogen-bond donors (Lipinski definition) is 2. The molecule has 2 N–H and O–H groups in total. The van der Waals surface area contributed by atoms with Crippen LogP contribution in [0.3, 0.4) is 0 Å². The van der Waals surface area contributed by atoms with Crippen molar-refractivity contribution in [2.75, 3.05) is 18.1 Å². The third-order valence-corrected chi connectivity index (χ3v) is 3.84. The Labute approximate surface area is 138 Å². The zero-order valence-corrected chi connectivity index (χ0v) is 13.1. The maximum absolute atomic E-state index is 12.1. The van der Waals surface area contributed by atoms with E-state index in [1.165, 1.54) is 0 Å². The second kappa shape index (κ2) is 6.62. The number of ether oxygens (including phenoxy) is 1. The number of amides is 2. The highest BCUT2D eigenvalue weighted by Crippen LogP contribution is 2.20. The van der Waals surface area contributed by atoms with E-state index < -0.39 is 0 Å². The third kappa shape index (κ3) is 3.40. The molecule has 1 aliphatic rings. The summed E-state index contributed by atoms with van der Waals surface area (Å²) in [7, 11) is 0. The minimum absolute atomic E-state index is 0.238. The van der Waals surface area contributed by atoms with Crippen LogP contribution in [-0.2, 0) is 11.3 Å². The smallest absolute Gasteiger partial charge is 0.414 e. The lowest BCUT2D eigenvalue weighted by Crippen LogP contribution is -2.25. The Morgan fingerprint density at radius 2 is 2.22 bits per heavy atom. The summed E-state index contributed by atoms with van der Waals surface area (Å²) >= 11 is 5.09. The lowest BCUT2D eigenvalue weighted by molar-refractivity contribution is 0.0950. The summed E-state index contributed by atoms with van der Waals surface area (Å²) in [5, 5.41) is 2.82. The molecule has 2 amide bonds. The Morgan fingerprint density at radius 3 is 2.96 bits per heavy atom. The van der Waals surface area contributed by atoms with E-state index in [1.807, 2.05) is 24.3 Å². The van der Waals surface area contributed by atoms with Crippen molar-refractivity contribution in [1.29, 1.82) is 0 Å². The fourth-order valence-corrected chi connectivity index (χ4v) is 2.57. The van der Waals surface area contributed by atoms with Gasteiger partial charge in [0.15, 0.2) is 0 Å². The number of carbonyl (C=O) groups excluding carboxylic acids is 2. The van der Waals surface area contributed by atoms with Gasteiger partial charge in [0.05, 0.1) is 12.1 Å². The monoisotopic (exact) mass is 329 g/mol. The normalized spacial score (nSPS) is 13.7. The number of aromatic nitrogens is 1. The van der Waals surface area contributed by atoms with E-state index in [1.54, 1.807) is 23.2 Å². The van der Waals surface area contributed by atoms with E-state index in [4.69, 9.17) is 17.0 Å². The van der Waals surface area contributed by atoms with Crippen molar-refractivity contribution in [3.63, 3.8) is 0 Å². The molecule has 3 rings (SSSR count). The van der Waals surface area contributed by atoms with Crippen LogP contribution < -0.4 is 10.2 Å². The quantitative estimate of drug-likeness (QED) is 0.846. The van der Waals surface area contributed by atoms with Crippen LogP contribution in [-0.4, -0.2) is 30.1 Å². The molecule has 6 nitrogen and oxygen atoms in total. The predicted molar refractivity (Wildman–Crippen MR) is 87.9 cm³/mol. The van der Waals surface area contributed by atoms with Crippen molar-refractivity contribution >= 4 is 29.9 Å². The highest BCUT2D eigenvalue weighted by Gasteiger charge is 2.23. The lowest BCUT2D eigenvalue weighted by atomic mass is 10.2. The number of benzene rings is 1. The summed E-state index contributed by atoms with van der Waals surface area (Å²) in [6.45, 7) is 1.28. The number of nitrogens with zero attached hydrogens (tertiary/aromatic N) is 1. The second-order valence-corrected chi connectivity index (χ2v) is 5.44. The molecule has 0 aliphatic carbocycles. The maximum Gasteiger partial charge on any atom is 0.414 e. The fraction of sp³-hybridized carbons (Fsp3) is 0.188. The van der Waals surface area contributed by atoms with Gasteiger partial charge in [0.1, 0.15) is 11.2 Å². The summed E-state index contributed by atoms with van der Waals surface area (Å²) in [5.74, 6) is -0.238. The summed E-state index contributed by atoms with van der Waals surface area (Å²) in [6.07, 6.45) is 1.33. The molecule has 0 radical (unpaired) electrons. The third-order valence-electron chi connectivity index (χ3n) is 3.50. The summed E-state index contributed by atoms with van der Waals surface area (Å²) in [5.41, 5.74) is 2.08. The van der Waals surface area contributed by atoms with Crippen molar-refractivity contribution in [2.45, 2.75) is 6.54 Å². The molecular formula is C16H15N3O3S. The molecule has 1 aliphatic heterocycles. The summed E-state index contributed by atoms with van der Waals surface area (Å²) in [4.78, 5) is 28.1. The first-order valence-electron chi connectivity index (χ1n) is 7.14. The largest absolute Gasteiger partial charge is 0.447 e. The highest BCUT2D eigenvalue weighted by atomic mass is 32.1. The van der Waals surface area contributed by atoms with Crippen molar-refractivity contribution in [2.24, 2.45) is 0 Å². The van der Waals surface area contributed by atoms with Crippen molar-refractivity contribution in [1.82, 2.24) is 10.3 Å². The molecule has 2 aromatic rings. The second-order valence-electron chi connectivity index (χ2n) is 5.03. The van der Waals surface area contributed by atoms with Gasteiger partial charge in [-0.1, -0.05) is 24.4 Å². The van der Waals surface area contributed by atoms with Crippen molar-refractivity contribution < 1.29 is 14.3 Å². The Kier molecular flexibility index (Phi) is 4.38. The van der Waals surface area contributed by atoms with Crippen LogP contribution in [0.1, 0.15) is 15.9 Å². The average molecular weight is 329 g/mol. The van der Waals surface area contributed by atoms with E-state index in [0.717, 1.165) is 11.3 Å². The molecule has 1 fully saturated rings. The highest BCUT2D eigenvalue weighted by molar-refractivity contribution is 7.71. The van der Waals surface area contributed by atoms with Gasteiger partial charge < -0.3 is 15.0 Å². The Morgan fingerprint density at radius 1 is 1.35 bits per heavy atom. The average Bonchev–Trinajstić information content (AvgIpc) is 2.99. The summed E-state index contributed by atoms with van der Waals surface area (Å²) in [6, 6.07) is 10.8. The Balaban J connectivity index is 1.69. The minimum atomic E-state index is -0.346. The van der Waals surface area contributed by atoms with Gasteiger partial charge in [-0.25, -0.2) is 4.79 Å². The molecule has 1 aromatic heterocycles. The van der Waals surface area contributed by atoms with E-state index in [-0.39, 0.29) is 12.0 Å². The Hall–Kier alpha value is -2.67.